The molecule has 1 saturated carbocycles. The van der Waals surface area contributed by atoms with E-state index >= 15 is 0 Å². The quantitative estimate of drug-likeness (QED) is 0.901. The molecule has 0 aromatic carbocycles. The van der Waals surface area contributed by atoms with E-state index in [2.05, 4.69) is 21.2 Å². The summed E-state index contributed by atoms with van der Waals surface area (Å²) in [7, 11) is 0. The molecule has 1 aromatic heterocycles. The molecule has 1 aromatic rings. The van der Waals surface area contributed by atoms with Crippen LogP contribution in [0.2, 0.25) is 0 Å². The maximum absolute atomic E-state index is 12.0. The average Bonchev–Trinajstić information content (AvgIpc) is 2.77. The SMILES string of the molecule is O=C(NC1(CO)CCCCC1)c1ccoc1Br. The van der Waals surface area contributed by atoms with E-state index < -0.39 is 5.54 Å². The summed E-state index contributed by atoms with van der Waals surface area (Å²) < 4.78 is 5.46. The number of hydrogen-bond donors (Lipinski definition) is 2. The number of carbonyl (C=O) groups is 1. The van der Waals surface area contributed by atoms with Crippen LogP contribution in [0.25, 0.3) is 0 Å². The third kappa shape index (κ3) is 2.72. The highest BCUT2D eigenvalue weighted by molar-refractivity contribution is 9.10. The van der Waals surface area contributed by atoms with Crippen molar-refractivity contribution in [2.45, 2.75) is 37.6 Å². The van der Waals surface area contributed by atoms with Crippen molar-refractivity contribution in [3.63, 3.8) is 0 Å². The third-order valence-corrected chi connectivity index (χ3v) is 3.97. The van der Waals surface area contributed by atoms with Crippen molar-refractivity contribution < 1.29 is 14.3 Å². The Balaban J connectivity index is 2.08. The van der Waals surface area contributed by atoms with Gasteiger partial charge in [0.2, 0.25) is 0 Å². The summed E-state index contributed by atoms with van der Waals surface area (Å²) in [5.41, 5.74) is 0.0230. The molecule has 0 spiro atoms. The number of aliphatic hydroxyl groups excluding tert-OH is 1. The molecule has 1 fully saturated rings. The highest BCUT2D eigenvalue weighted by Crippen LogP contribution is 2.28. The molecule has 0 aliphatic heterocycles. The van der Waals surface area contributed by atoms with Crippen LogP contribution in [0.4, 0.5) is 0 Å². The smallest absolute Gasteiger partial charge is 0.256 e. The van der Waals surface area contributed by atoms with Gasteiger partial charge in [-0.05, 0) is 34.8 Å². The number of rotatable bonds is 3. The lowest BCUT2D eigenvalue weighted by atomic mass is 9.82. The molecular weight excluding hydrogens is 286 g/mol. The second-order valence-electron chi connectivity index (χ2n) is 4.56. The lowest BCUT2D eigenvalue weighted by Crippen LogP contribution is -2.52. The summed E-state index contributed by atoms with van der Waals surface area (Å²) in [5.74, 6) is -0.193. The van der Waals surface area contributed by atoms with Crippen molar-refractivity contribution >= 4 is 21.8 Å². The lowest BCUT2D eigenvalue weighted by molar-refractivity contribution is 0.0757. The minimum absolute atomic E-state index is 0.00574. The van der Waals surface area contributed by atoms with Gasteiger partial charge in [0.05, 0.1) is 24.0 Å². The molecule has 0 unspecified atom stereocenters. The summed E-state index contributed by atoms with van der Waals surface area (Å²) in [5, 5.41) is 12.5. The standard InChI is InChI=1S/C12H16BrNO3/c13-10-9(4-7-17-10)11(16)14-12(8-15)5-2-1-3-6-12/h4,7,15H,1-3,5-6,8H2,(H,14,16). The Morgan fingerprint density at radius 2 is 2.18 bits per heavy atom. The van der Waals surface area contributed by atoms with Gasteiger partial charge in [0.1, 0.15) is 0 Å². The van der Waals surface area contributed by atoms with Gasteiger partial charge in [-0.2, -0.15) is 0 Å². The van der Waals surface area contributed by atoms with Crippen LogP contribution in [0.5, 0.6) is 0 Å². The van der Waals surface area contributed by atoms with E-state index in [-0.39, 0.29) is 12.5 Å². The van der Waals surface area contributed by atoms with Crippen molar-refractivity contribution in [1.29, 1.82) is 0 Å². The zero-order valence-electron chi connectivity index (χ0n) is 9.54. The molecule has 0 radical (unpaired) electrons. The van der Waals surface area contributed by atoms with Gasteiger partial charge < -0.3 is 14.8 Å². The van der Waals surface area contributed by atoms with E-state index in [1.165, 1.54) is 12.7 Å². The maximum atomic E-state index is 12.0. The lowest BCUT2D eigenvalue weighted by Gasteiger charge is -2.36. The monoisotopic (exact) mass is 301 g/mol. The molecule has 2 rings (SSSR count). The fourth-order valence-electron chi connectivity index (χ4n) is 2.32. The number of furan rings is 1. The molecule has 1 heterocycles. The predicted molar refractivity (Wildman–Crippen MR) is 66.8 cm³/mol. The second kappa shape index (κ2) is 5.23. The minimum Gasteiger partial charge on any atom is -0.457 e. The van der Waals surface area contributed by atoms with Gasteiger partial charge in [0, 0.05) is 0 Å². The van der Waals surface area contributed by atoms with E-state index in [4.69, 9.17) is 4.42 Å². The van der Waals surface area contributed by atoms with Crippen LogP contribution in [0.15, 0.2) is 21.4 Å². The van der Waals surface area contributed by atoms with Gasteiger partial charge in [-0.25, -0.2) is 0 Å². The number of halogens is 1. The Kier molecular flexibility index (Phi) is 3.89. The zero-order valence-corrected chi connectivity index (χ0v) is 11.1. The number of hydrogen-bond acceptors (Lipinski definition) is 3. The number of carbonyl (C=O) groups excluding carboxylic acids is 1. The van der Waals surface area contributed by atoms with E-state index in [1.54, 1.807) is 6.07 Å². The van der Waals surface area contributed by atoms with Crippen LogP contribution in [-0.4, -0.2) is 23.2 Å². The Labute approximate surface area is 109 Å². The molecule has 1 amide bonds. The summed E-state index contributed by atoms with van der Waals surface area (Å²) >= 11 is 3.18. The molecule has 0 saturated heterocycles. The fourth-order valence-corrected chi connectivity index (χ4v) is 2.74. The van der Waals surface area contributed by atoms with Gasteiger partial charge in [0.15, 0.2) is 4.67 Å². The van der Waals surface area contributed by atoms with Crippen molar-refractivity contribution in [2.24, 2.45) is 0 Å². The molecule has 0 atom stereocenters. The summed E-state index contributed by atoms with van der Waals surface area (Å²) in [6.45, 7) is -0.00574. The van der Waals surface area contributed by atoms with E-state index in [1.807, 2.05) is 0 Å². The topological polar surface area (TPSA) is 62.5 Å². The van der Waals surface area contributed by atoms with Crippen molar-refractivity contribution in [3.05, 3.63) is 22.6 Å². The molecule has 1 aliphatic rings. The maximum Gasteiger partial charge on any atom is 0.256 e. The normalized spacial score (nSPS) is 18.9. The molecular formula is C12H16BrNO3. The Morgan fingerprint density at radius 1 is 1.47 bits per heavy atom. The number of nitrogens with one attached hydrogen (secondary N) is 1. The molecule has 17 heavy (non-hydrogen) atoms. The molecule has 94 valence electrons. The highest BCUT2D eigenvalue weighted by atomic mass is 79.9. The molecule has 1 aliphatic carbocycles. The molecule has 4 nitrogen and oxygen atoms in total. The zero-order chi connectivity index (χ0) is 12.3. The van der Waals surface area contributed by atoms with Crippen LogP contribution < -0.4 is 5.32 Å². The highest BCUT2D eigenvalue weighted by Gasteiger charge is 2.33. The van der Waals surface area contributed by atoms with Crippen LogP contribution in [0, 0.1) is 0 Å². The molecule has 5 heteroatoms. The number of amides is 1. The van der Waals surface area contributed by atoms with Crippen LogP contribution in [-0.2, 0) is 0 Å². The summed E-state index contributed by atoms with van der Waals surface area (Å²) in [6.07, 6.45) is 6.41. The second-order valence-corrected chi connectivity index (χ2v) is 5.28. The molecule has 2 N–H and O–H groups in total. The van der Waals surface area contributed by atoms with Gasteiger partial charge in [-0.15, -0.1) is 0 Å². The third-order valence-electron chi connectivity index (χ3n) is 3.35. The van der Waals surface area contributed by atoms with Gasteiger partial charge in [-0.1, -0.05) is 19.3 Å². The van der Waals surface area contributed by atoms with Crippen molar-refractivity contribution in [2.75, 3.05) is 6.61 Å². The van der Waals surface area contributed by atoms with E-state index in [9.17, 15) is 9.90 Å². The largest absolute Gasteiger partial charge is 0.457 e. The van der Waals surface area contributed by atoms with Crippen LogP contribution in [0.3, 0.4) is 0 Å². The molecule has 0 bridgehead atoms. The van der Waals surface area contributed by atoms with Crippen LogP contribution >= 0.6 is 15.9 Å². The van der Waals surface area contributed by atoms with Gasteiger partial charge in [-0.3, -0.25) is 4.79 Å². The van der Waals surface area contributed by atoms with Crippen molar-refractivity contribution in [3.8, 4) is 0 Å². The van der Waals surface area contributed by atoms with Crippen molar-refractivity contribution in [1.82, 2.24) is 5.32 Å². The first-order valence-electron chi connectivity index (χ1n) is 5.83. The van der Waals surface area contributed by atoms with Gasteiger partial charge in [0.25, 0.3) is 5.91 Å². The Bertz CT molecular complexity index is 396. The number of aliphatic hydroxyl groups is 1. The fraction of sp³-hybridized carbons (Fsp3) is 0.583. The minimum atomic E-state index is -0.452. The first-order chi connectivity index (χ1) is 8.17. The first-order valence-corrected chi connectivity index (χ1v) is 6.62. The first kappa shape index (κ1) is 12.6. The van der Waals surface area contributed by atoms with E-state index in [0.29, 0.717) is 10.2 Å². The summed E-state index contributed by atoms with van der Waals surface area (Å²) in [6, 6.07) is 1.62. The van der Waals surface area contributed by atoms with E-state index in [0.717, 1.165) is 25.7 Å². The average molecular weight is 302 g/mol. The van der Waals surface area contributed by atoms with Gasteiger partial charge >= 0.3 is 0 Å². The Hall–Kier alpha value is -0.810. The van der Waals surface area contributed by atoms with Crippen LogP contribution in [0.1, 0.15) is 42.5 Å². The summed E-state index contributed by atoms with van der Waals surface area (Å²) in [4.78, 5) is 12.0. The Morgan fingerprint density at radius 3 is 2.71 bits per heavy atom. The predicted octanol–water partition coefficient (Wildman–Crippen LogP) is 2.47.